The Balaban J connectivity index is 1.76. The number of aryl methyl sites for hydroxylation is 1. The van der Waals surface area contributed by atoms with Crippen LogP contribution in [0, 0.1) is 5.92 Å². The minimum atomic E-state index is -2.71. The molecule has 1 N–H and O–H groups in total. The molecule has 0 aromatic carbocycles. The molecule has 2 heterocycles. The standard InChI is InChI=1S/C16H22F2N4O2/c1-10(2)20-14(23)13-12-8-21(4-3-5-22(12)9-19-13)15(24)11-6-16(17,18)7-11/h9-11H,3-8H2,1-2H3,(H,20,23). The van der Waals surface area contributed by atoms with Crippen molar-refractivity contribution in [3.8, 4) is 0 Å². The third kappa shape index (κ3) is 3.27. The Morgan fingerprint density at radius 2 is 2.04 bits per heavy atom. The van der Waals surface area contributed by atoms with Crippen molar-refractivity contribution in [3.63, 3.8) is 0 Å². The van der Waals surface area contributed by atoms with E-state index in [-0.39, 0.29) is 37.2 Å². The van der Waals surface area contributed by atoms with Crippen LogP contribution in [-0.4, -0.2) is 44.8 Å². The van der Waals surface area contributed by atoms with E-state index >= 15 is 0 Å². The van der Waals surface area contributed by atoms with Crippen LogP contribution in [0.3, 0.4) is 0 Å². The Morgan fingerprint density at radius 1 is 1.33 bits per heavy atom. The summed E-state index contributed by atoms with van der Waals surface area (Å²) >= 11 is 0. The molecule has 132 valence electrons. The van der Waals surface area contributed by atoms with Gasteiger partial charge < -0.3 is 14.8 Å². The molecule has 6 nitrogen and oxygen atoms in total. The Kier molecular flexibility index (Phi) is 4.31. The molecule has 24 heavy (non-hydrogen) atoms. The highest BCUT2D eigenvalue weighted by molar-refractivity contribution is 5.93. The van der Waals surface area contributed by atoms with Gasteiger partial charge in [-0.3, -0.25) is 9.59 Å². The average Bonchev–Trinajstić information content (AvgIpc) is 2.73. The topological polar surface area (TPSA) is 67.2 Å². The van der Waals surface area contributed by atoms with Gasteiger partial charge in [0.15, 0.2) is 5.69 Å². The Bertz CT molecular complexity index is 649. The van der Waals surface area contributed by atoms with E-state index in [1.54, 1.807) is 11.2 Å². The summed E-state index contributed by atoms with van der Waals surface area (Å²) in [6.07, 6.45) is 1.57. The summed E-state index contributed by atoms with van der Waals surface area (Å²) in [5, 5.41) is 2.80. The van der Waals surface area contributed by atoms with Crippen molar-refractivity contribution in [2.45, 2.75) is 58.2 Å². The maximum atomic E-state index is 13.0. The molecule has 0 spiro atoms. The quantitative estimate of drug-likeness (QED) is 0.912. The first kappa shape index (κ1) is 16.9. The highest BCUT2D eigenvalue weighted by atomic mass is 19.3. The summed E-state index contributed by atoms with van der Waals surface area (Å²) in [4.78, 5) is 30.5. The third-order valence-corrected chi connectivity index (χ3v) is 4.50. The molecule has 1 fully saturated rings. The fourth-order valence-electron chi connectivity index (χ4n) is 3.26. The molecule has 1 aliphatic carbocycles. The van der Waals surface area contributed by atoms with Gasteiger partial charge in [-0.1, -0.05) is 0 Å². The predicted molar refractivity (Wildman–Crippen MR) is 82.5 cm³/mol. The zero-order valence-electron chi connectivity index (χ0n) is 13.9. The van der Waals surface area contributed by atoms with Crippen molar-refractivity contribution < 1.29 is 18.4 Å². The van der Waals surface area contributed by atoms with Gasteiger partial charge in [0.25, 0.3) is 5.91 Å². The molecule has 2 aliphatic rings. The Labute approximate surface area is 139 Å². The summed E-state index contributed by atoms with van der Waals surface area (Å²) < 4.78 is 28.0. The van der Waals surface area contributed by atoms with Crippen molar-refractivity contribution >= 4 is 11.8 Å². The number of hydrogen-bond donors (Lipinski definition) is 1. The number of nitrogens with zero attached hydrogens (tertiary/aromatic N) is 3. The van der Waals surface area contributed by atoms with Crippen molar-refractivity contribution in [2.24, 2.45) is 5.92 Å². The van der Waals surface area contributed by atoms with E-state index < -0.39 is 11.8 Å². The lowest BCUT2D eigenvalue weighted by Gasteiger charge is -2.36. The molecule has 1 saturated carbocycles. The number of imidazole rings is 1. The second-order valence-electron chi connectivity index (χ2n) is 6.94. The summed E-state index contributed by atoms with van der Waals surface area (Å²) in [6.45, 7) is 5.12. The monoisotopic (exact) mass is 340 g/mol. The number of carbonyl (C=O) groups excluding carboxylic acids is 2. The minimum absolute atomic E-state index is 0.0180. The number of aromatic nitrogens is 2. The molecule has 2 amide bonds. The van der Waals surface area contributed by atoms with E-state index in [0.29, 0.717) is 30.9 Å². The van der Waals surface area contributed by atoms with Crippen LogP contribution in [0.4, 0.5) is 8.78 Å². The Hall–Kier alpha value is -1.99. The number of rotatable bonds is 3. The number of halogens is 2. The summed E-state index contributed by atoms with van der Waals surface area (Å²) in [5.74, 6) is -3.84. The minimum Gasteiger partial charge on any atom is -0.348 e. The highest BCUT2D eigenvalue weighted by Crippen LogP contribution is 2.43. The van der Waals surface area contributed by atoms with Crippen LogP contribution in [0.15, 0.2) is 6.33 Å². The van der Waals surface area contributed by atoms with Gasteiger partial charge in [0, 0.05) is 37.9 Å². The zero-order valence-corrected chi connectivity index (χ0v) is 13.9. The van der Waals surface area contributed by atoms with Crippen molar-refractivity contribution in [1.82, 2.24) is 19.8 Å². The van der Waals surface area contributed by atoms with E-state index in [0.717, 1.165) is 0 Å². The van der Waals surface area contributed by atoms with Crippen molar-refractivity contribution in [1.29, 1.82) is 0 Å². The molecule has 0 saturated heterocycles. The number of hydrogen-bond acceptors (Lipinski definition) is 3. The van der Waals surface area contributed by atoms with E-state index in [1.165, 1.54) is 0 Å². The van der Waals surface area contributed by atoms with Gasteiger partial charge in [0.05, 0.1) is 18.6 Å². The molecule has 3 rings (SSSR count). The van der Waals surface area contributed by atoms with Crippen LogP contribution < -0.4 is 5.32 Å². The zero-order chi connectivity index (χ0) is 17.5. The van der Waals surface area contributed by atoms with Gasteiger partial charge in [0.2, 0.25) is 11.8 Å². The van der Waals surface area contributed by atoms with E-state index in [2.05, 4.69) is 10.3 Å². The second-order valence-corrected chi connectivity index (χ2v) is 6.94. The van der Waals surface area contributed by atoms with E-state index in [1.807, 2.05) is 18.4 Å². The van der Waals surface area contributed by atoms with Gasteiger partial charge in [-0.25, -0.2) is 13.8 Å². The van der Waals surface area contributed by atoms with Crippen LogP contribution in [-0.2, 0) is 17.9 Å². The fraction of sp³-hybridized carbons (Fsp3) is 0.688. The van der Waals surface area contributed by atoms with Gasteiger partial charge in [-0.05, 0) is 20.3 Å². The predicted octanol–water partition coefficient (Wildman–Crippen LogP) is 1.80. The van der Waals surface area contributed by atoms with Gasteiger partial charge in [-0.15, -0.1) is 0 Å². The normalized spacial score (nSPS) is 20.3. The molecule has 8 heteroatoms. The van der Waals surface area contributed by atoms with Crippen LogP contribution in [0.1, 0.15) is 49.3 Å². The second kappa shape index (κ2) is 6.14. The number of carbonyl (C=O) groups is 2. The molecule has 0 atom stereocenters. The lowest BCUT2D eigenvalue weighted by atomic mass is 9.80. The lowest BCUT2D eigenvalue weighted by molar-refractivity contribution is -0.160. The molecule has 1 aliphatic heterocycles. The number of amides is 2. The molecule has 1 aromatic heterocycles. The summed E-state index contributed by atoms with van der Waals surface area (Å²) in [6, 6.07) is -0.0180. The molecular formula is C16H22F2N4O2. The molecular weight excluding hydrogens is 318 g/mol. The highest BCUT2D eigenvalue weighted by Gasteiger charge is 2.49. The van der Waals surface area contributed by atoms with Crippen LogP contribution in [0.25, 0.3) is 0 Å². The SMILES string of the molecule is CC(C)NC(=O)c1ncn2c1CN(C(=O)C1CC(F)(F)C1)CCC2. The molecule has 0 radical (unpaired) electrons. The summed E-state index contributed by atoms with van der Waals surface area (Å²) in [5.41, 5.74) is 0.979. The van der Waals surface area contributed by atoms with Crippen molar-refractivity contribution in [2.75, 3.05) is 6.54 Å². The number of alkyl halides is 2. The van der Waals surface area contributed by atoms with Crippen LogP contribution >= 0.6 is 0 Å². The first-order valence-corrected chi connectivity index (χ1v) is 8.28. The molecule has 0 bridgehead atoms. The largest absolute Gasteiger partial charge is 0.348 e. The first-order chi connectivity index (χ1) is 11.3. The smallest absolute Gasteiger partial charge is 0.272 e. The third-order valence-electron chi connectivity index (χ3n) is 4.50. The Morgan fingerprint density at radius 3 is 2.67 bits per heavy atom. The fourth-order valence-corrected chi connectivity index (χ4v) is 3.26. The van der Waals surface area contributed by atoms with Gasteiger partial charge in [0.1, 0.15) is 0 Å². The van der Waals surface area contributed by atoms with Crippen molar-refractivity contribution in [3.05, 3.63) is 17.7 Å². The van der Waals surface area contributed by atoms with Crippen LogP contribution in [0.2, 0.25) is 0 Å². The van der Waals surface area contributed by atoms with Gasteiger partial charge in [-0.2, -0.15) is 0 Å². The van der Waals surface area contributed by atoms with E-state index in [4.69, 9.17) is 0 Å². The first-order valence-electron chi connectivity index (χ1n) is 8.28. The summed E-state index contributed by atoms with van der Waals surface area (Å²) in [7, 11) is 0. The number of fused-ring (bicyclic) bond motifs is 1. The lowest BCUT2D eigenvalue weighted by Crippen LogP contribution is -2.46. The van der Waals surface area contributed by atoms with Crippen LogP contribution in [0.5, 0.6) is 0 Å². The average molecular weight is 340 g/mol. The molecule has 1 aromatic rings. The van der Waals surface area contributed by atoms with E-state index in [9.17, 15) is 18.4 Å². The maximum absolute atomic E-state index is 13.0. The maximum Gasteiger partial charge on any atom is 0.272 e. The molecule has 0 unspecified atom stereocenters. The number of nitrogens with one attached hydrogen (secondary N) is 1. The van der Waals surface area contributed by atoms with Gasteiger partial charge >= 0.3 is 0 Å².